The number of ether oxygens (including phenoxy) is 1. The number of halogens is 1. The number of nitrogens with one attached hydrogen (secondary N) is 1. The largest absolute Gasteiger partial charge is 0.477 e. The standard InChI is InChI=1S/C16H19FN2O/c1-18-11-14-10-15(17)12-19-16(14)20-9-5-8-13-6-3-2-4-7-13/h2-4,6-7,10,12,18H,5,8-9,11H2,1H3. The molecule has 2 aromatic rings. The fraction of sp³-hybridized carbons (Fsp3) is 0.312. The average Bonchev–Trinajstić information content (AvgIpc) is 2.47. The maximum absolute atomic E-state index is 13.1. The Labute approximate surface area is 118 Å². The van der Waals surface area contributed by atoms with Crippen molar-refractivity contribution in [1.82, 2.24) is 10.3 Å². The van der Waals surface area contributed by atoms with Gasteiger partial charge in [0.15, 0.2) is 0 Å². The van der Waals surface area contributed by atoms with Crippen molar-refractivity contribution >= 4 is 0 Å². The predicted molar refractivity (Wildman–Crippen MR) is 77.2 cm³/mol. The summed E-state index contributed by atoms with van der Waals surface area (Å²) < 4.78 is 18.8. The SMILES string of the molecule is CNCc1cc(F)cnc1OCCCc1ccccc1. The minimum atomic E-state index is -0.341. The van der Waals surface area contributed by atoms with Gasteiger partial charge in [0.25, 0.3) is 0 Å². The maximum atomic E-state index is 13.1. The summed E-state index contributed by atoms with van der Waals surface area (Å²) in [4.78, 5) is 4.00. The molecule has 0 aliphatic rings. The smallest absolute Gasteiger partial charge is 0.218 e. The first-order chi connectivity index (χ1) is 9.79. The number of aryl methyl sites for hydroxylation is 1. The van der Waals surface area contributed by atoms with Crippen LogP contribution in [0.2, 0.25) is 0 Å². The zero-order chi connectivity index (χ0) is 14.2. The Hall–Kier alpha value is -1.94. The molecule has 0 amide bonds. The number of hydrogen-bond acceptors (Lipinski definition) is 3. The monoisotopic (exact) mass is 274 g/mol. The van der Waals surface area contributed by atoms with Gasteiger partial charge in [-0.15, -0.1) is 0 Å². The minimum absolute atomic E-state index is 0.341. The van der Waals surface area contributed by atoms with Crippen molar-refractivity contribution < 1.29 is 9.13 Å². The third-order valence-electron chi connectivity index (χ3n) is 2.95. The van der Waals surface area contributed by atoms with Crippen LogP contribution in [0, 0.1) is 5.82 Å². The fourth-order valence-electron chi connectivity index (χ4n) is 2.01. The van der Waals surface area contributed by atoms with Gasteiger partial charge in [-0.05, 0) is 31.5 Å². The normalized spacial score (nSPS) is 10.5. The third kappa shape index (κ3) is 4.31. The first kappa shape index (κ1) is 14.5. The molecule has 2 rings (SSSR count). The molecule has 0 aliphatic carbocycles. The number of hydrogen-bond donors (Lipinski definition) is 1. The van der Waals surface area contributed by atoms with E-state index in [1.807, 2.05) is 25.2 Å². The quantitative estimate of drug-likeness (QED) is 0.788. The molecule has 0 bridgehead atoms. The van der Waals surface area contributed by atoms with Gasteiger partial charge in [-0.1, -0.05) is 30.3 Å². The van der Waals surface area contributed by atoms with Gasteiger partial charge in [-0.25, -0.2) is 9.37 Å². The molecule has 0 fully saturated rings. The first-order valence-electron chi connectivity index (χ1n) is 6.75. The number of nitrogens with zero attached hydrogens (tertiary/aromatic N) is 1. The van der Waals surface area contributed by atoms with Crippen LogP contribution >= 0.6 is 0 Å². The van der Waals surface area contributed by atoms with Crippen LogP contribution in [-0.4, -0.2) is 18.6 Å². The van der Waals surface area contributed by atoms with Gasteiger partial charge in [-0.2, -0.15) is 0 Å². The Bertz CT molecular complexity index is 531. The second kappa shape index (κ2) is 7.60. The molecule has 106 valence electrons. The van der Waals surface area contributed by atoms with Crippen molar-refractivity contribution in [2.45, 2.75) is 19.4 Å². The number of rotatable bonds is 7. The van der Waals surface area contributed by atoms with Gasteiger partial charge >= 0.3 is 0 Å². The molecule has 20 heavy (non-hydrogen) atoms. The van der Waals surface area contributed by atoms with Crippen LogP contribution < -0.4 is 10.1 Å². The van der Waals surface area contributed by atoms with E-state index in [1.54, 1.807) is 0 Å². The van der Waals surface area contributed by atoms with Crippen LogP contribution in [-0.2, 0) is 13.0 Å². The maximum Gasteiger partial charge on any atom is 0.218 e. The lowest BCUT2D eigenvalue weighted by Crippen LogP contribution is -2.10. The summed E-state index contributed by atoms with van der Waals surface area (Å²) in [6.07, 6.45) is 3.05. The highest BCUT2D eigenvalue weighted by Gasteiger charge is 2.06. The van der Waals surface area contributed by atoms with E-state index in [-0.39, 0.29) is 5.82 Å². The number of pyridine rings is 1. The second-order valence-corrected chi connectivity index (χ2v) is 4.59. The van der Waals surface area contributed by atoms with E-state index in [0.29, 0.717) is 19.0 Å². The van der Waals surface area contributed by atoms with E-state index in [1.165, 1.54) is 17.8 Å². The topological polar surface area (TPSA) is 34.2 Å². The molecule has 0 saturated carbocycles. The fourth-order valence-corrected chi connectivity index (χ4v) is 2.01. The Balaban J connectivity index is 1.84. The van der Waals surface area contributed by atoms with E-state index in [9.17, 15) is 4.39 Å². The van der Waals surface area contributed by atoms with Crippen molar-refractivity contribution in [2.24, 2.45) is 0 Å². The highest BCUT2D eigenvalue weighted by molar-refractivity contribution is 5.26. The van der Waals surface area contributed by atoms with E-state index in [4.69, 9.17) is 4.74 Å². The summed E-state index contributed by atoms with van der Waals surface area (Å²) in [7, 11) is 1.81. The van der Waals surface area contributed by atoms with Crippen molar-refractivity contribution in [1.29, 1.82) is 0 Å². The van der Waals surface area contributed by atoms with Crippen molar-refractivity contribution in [3.05, 3.63) is 59.5 Å². The summed E-state index contributed by atoms with van der Waals surface area (Å²) in [5.74, 6) is 0.167. The first-order valence-corrected chi connectivity index (χ1v) is 6.75. The summed E-state index contributed by atoms with van der Waals surface area (Å²) in [5.41, 5.74) is 2.03. The lowest BCUT2D eigenvalue weighted by Gasteiger charge is -2.10. The summed E-state index contributed by atoms with van der Waals surface area (Å²) in [6.45, 7) is 1.11. The van der Waals surface area contributed by atoms with Crippen molar-refractivity contribution in [3.63, 3.8) is 0 Å². The minimum Gasteiger partial charge on any atom is -0.477 e. The average molecular weight is 274 g/mol. The summed E-state index contributed by atoms with van der Waals surface area (Å²) >= 11 is 0. The molecule has 3 nitrogen and oxygen atoms in total. The number of aromatic nitrogens is 1. The predicted octanol–water partition coefficient (Wildman–Crippen LogP) is 2.95. The van der Waals surface area contributed by atoms with Crippen LogP contribution in [0.3, 0.4) is 0 Å². The van der Waals surface area contributed by atoms with Crippen LogP contribution in [0.1, 0.15) is 17.5 Å². The Morgan fingerprint density at radius 1 is 1.25 bits per heavy atom. The van der Waals surface area contributed by atoms with Crippen molar-refractivity contribution in [3.8, 4) is 5.88 Å². The van der Waals surface area contributed by atoms with Gasteiger partial charge in [-0.3, -0.25) is 0 Å². The lowest BCUT2D eigenvalue weighted by atomic mass is 10.1. The molecule has 0 atom stereocenters. The molecule has 4 heteroatoms. The zero-order valence-electron chi connectivity index (χ0n) is 11.6. The van der Waals surface area contributed by atoms with Crippen molar-refractivity contribution in [2.75, 3.05) is 13.7 Å². The molecule has 1 heterocycles. The van der Waals surface area contributed by atoms with E-state index in [2.05, 4.69) is 22.4 Å². The van der Waals surface area contributed by atoms with Gasteiger partial charge in [0.2, 0.25) is 5.88 Å². The Morgan fingerprint density at radius 3 is 2.80 bits per heavy atom. The highest BCUT2D eigenvalue weighted by Crippen LogP contribution is 2.16. The highest BCUT2D eigenvalue weighted by atomic mass is 19.1. The van der Waals surface area contributed by atoms with E-state index >= 15 is 0 Å². The van der Waals surface area contributed by atoms with Crippen LogP contribution in [0.15, 0.2) is 42.6 Å². The summed E-state index contributed by atoms with van der Waals surface area (Å²) in [5, 5.41) is 2.98. The van der Waals surface area contributed by atoms with Gasteiger partial charge in [0.05, 0.1) is 12.8 Å². The van der Waals surface area contributed by atoms with Gasteiger partial charge in [0, 0.05) is 12.1 Å². The van der Waals surface area contributed by atoms with Crippen LogP contribution in [0.5, 0.6) is 5.88 Å². The van der Waals surface area contributed by atoms with Crippen LogP contribution in [0.25, 0.3) is 0 Å². The second-order valence-electron chi connectivity index (χ2n) is 4.59. The lowest BCUT2D eigenvalue weighted by molar-refractivity contribution is 0.294. The molecule has 1 aromatic heterocycles. The molecule has 0 unspecified atom stereocenters. The van der Waals surface area contributed by atoms with Gasteiger partial charge < -0.3 is 10.1 Å². The van der Waals surface area contributed by atoms with Gasteiger partial charge in [0.1, 0.15) is 5.82 Å². The van der Waals surface area contributed by atoms with E-state index in [0.717, 1.165) is 18.4 Å². The molecule has 1 aromatic carbocycles. The molecular formula is C16H19FN2O. The Morgan fingerprint density at radius 2 is 2.05 bits per heavy atom. The molecule has 0 saturated heterocycles. The number of benzene rings is 1. The van der Waals surface area contributed by atoms with Crippen LogP contribution in [0.4, 0.5) is 4.39 Å². The molecule has 0 radical (unpaired) electrons. The third-order valence-corrected chi connectivity index (χ3v) is 2.95. The molecule has 1 N–H and O–H groups in total. The Kier molecular flexibility index (Phi) is 5.50. The molecular weight excluding hydrogens is 255 g/mol. The van der Waals surface area contributed by atoms with E-state index < -0.39 is 0 Å². The summed E-state index contributed by atoms with van der Waals surface area (Å²) in [6, 6.07) is 11.7. The zero-order valence-corrected chi connectivity index (χ0v) is 11.6. The molecule has 0 aliphatic heterocycles. The molecule has 0 spiro atoms.